The molecule has 0 amide bonds. The van der Waals surface area contributed by atoms with Gasteiger partial charge in [0, 0.05) is 11.6 Å². The summed E-state index contributed by atoms with van der Waals surface area (Å²) in [5.41, 5.74) is 7.40. The van der Waals surface area contributed by atoms with E-state index in [2.05, 4.69) is 5.10 Å². The molecule has 1 aliphatic carbocycles. The largest absolute Gasteiger partial charge is 0.391 e. The zero-order valence-corrected chi connectivity index (χ0v) is 11.9. The van der Waals surface area contributed by atoms with Gasteiger partial charge in [0.05, 0.1) is 17.8 Å². The van der Waals surface area contributed by atoms with Gasteiger partial charge in [0.25, 0.3) is 0 Å². The minimum absolute atomic E-state index is 0.0881. The van der Waals surface area contributed by atoms with Gasteiger partial charge in [-0.3, -0.25) is 0 Å². The molecule has 21 heavy (non-hydrogen) atoms. The Bertz CT molecular complexity index is 626. The number of hydrogen-bond acceptors (Lipinski definition) is 3. The summed E-state index contributed by atoms with van der Waals surface area (Å²) >= 11 is 0. The van der Waals surface area contributed by atoms with Gasteiger partial charge in [0.2, 0.25) is 0 Å². The van der Waals surface area contributed by atoms with Crippen molar-refractivity contribution in [2.45, 2.75) is 44.2 Å². The fraction of sp³-hybridized carbons (Fsp3) is 0.438. The van der Waals surface area contributed by atoms with E-state index in [1.807, 2.05) is 0 Å². The first-order valence-electron chi connectivity index (χ1n) is 7.44. The summed E-state index contributed by atoms with van der Waals surface area (Å²) in [6.07, 6.45) is 4.46. The van der Waals surface area contributed by atoms with Gasteiger partial charge in [-0.05, 0) is 25.0 Å². The Hall–Kier alpha value is -1.88. The molecule has 0 aliphatic heterocycles. The molecule has 0 radical (unpaired) electrons. The highest BCUT2D eigenvalue weighted by Crippen LogP contribution is 2.31. The standard InChI is InChI=1S/C16H20FN3O/c17-12-6-4-5-11(9-12)13-10-16(18)20(19-13)14-7-2-1-3-8-15(14)21/h4-6,9-10,14-15,21H,1-3,7-8,18H2. The average Bonchev–Trinajstić information content (AvgIpc) is 2.71. The van der Waals surface area contributed by atoms with Crippen LogP contribution in [-0.2, 0) is 0 Å². The lowest BCUT2D eigenvalue weighted by atomic mass is 10.1. The second kappa shape index (κ2) is 5.85. The van der Waals surface area contributed by atoms with Gasteiger partial charge < -0.3 is 10.8 Å². The van der Waals surface area contributed by atoms with Crippen molar-refractivity contribution < 1.29 is 9.50 Å². The van der Waals surface area contributed by atoms with E-state index in [4.69, 9.17) is 5.73 Å². The van der Waals surface area contributed by atoms with Crippen LogP contribution in [0.5, 0.6) is 0 Å². The third-order valence-corrected chi connectivity index (χ3v) is 4.14. The number of nitrogen functional groups attached to an aromatic ring is 1. The number of halogens is 1. The van der Waals surface area contributed by atoms with E-state index in [0.29, 0.717) is 17.1 Å². The average molecular weight is 289 g/mol. The van der Waals surface area contributed by atoms with E-state index < -0.39 is 6.10 Å². The van der Waals surface area contributed by atoms with Crippen molar-refractivity contribution in [2.24, 2.45) is 0 Å². The first-order valence-corrected chi connectivity index (χ1v) is 7.44. The van der Waals surface area contributed by atoms with Crippen molar-refractivity contribution in [3.8, 4) is 11.3 Å². The minimum atomic E-state index is -0.421. The predicted molar refractivity (Wildman–Crippen MR) is 80.2 cm³/mol. The molecule has 1 fully saturated rings. The molecule has 1 aromatic heterocycles. The summed E-state index contributed by atoms with van der Waals surface area (Å²) in [6.45, 7) is 0. The molecule has 0 saturated heterocycles. The number of rotatable bonds is 2. The van der Waals surface area contributed by atoms with Gasteiger partial charge in [-0.1, -0.05) is 31.4 Å². The lowest BCUT2D eigenvalue weighted by molar-refractivity contribution is 0.100. The van der Waals surface area contributed by atoms with E-state index in [1.54, 1.807) is 22.9 Å². The van der Waals surface area contributed by atoms with E-state index in [1.165, 1.54) is 12.1 Å². The molecule has 2 aromatic rings. The second-order valence-electron chi connectivity index (χ2n) is 5.68. The number of benzene rings is 1. The summed E-state index contributed by atoms with van der Waals surface area (Å²) < 4.78 is 15.0. The molecule has 0 bridgehead atoms. The van der Waals surface area contributed by atoms with Gasteiger partial charge in [-0.25, -0.2) is 9.07 Å². The van der Waals surface area contributed by atoms with Crippen LogP contribution in [0, 0.1) is 5.82 Å². The quantitative estimate of drug-likeness (QED) is 0.835. The van der Waals surface area contributed by atoms with Gasteiger partial charge >= 0.3 is 0 Å². The summed E-state index contributed by atoms with van der Waals surface area (Å²) in [4.78, 5) is 0. The first kappa shape index (κ1) is 14.1. The maximum atomic E-state index is 13.3. The molecule has 4 nitrogen and oxygen atoms in total. The van der Waals surface area contributed by atoms with E-state index in [0.717, 1.165) is 32.1 Å². The molecule has 0 spiro atoms. The fourth-order valence-electron chi connectivity index (χ4n) is 3.02. The summed E-state index contributed by atoms with van der Waals surface area (Å²) in [7, 11) is 0. The number of aromatic nitrogens is 2. The molecule has 1 saturated carbocycles. The number of hydrogen-bond donors (Lipinski definition) is 2. The Morgan fingerprint density at radius 1 is 1.19 bits per heavy atom. The van der Waals surface area contributed by atoms with Crippen molar-refractivity contribution >= 4 is 5.82 Å². The molecule has 5 heteroatoms. The third-order valence-electron chi connectivity index (χ3n) is 4.14. The van der Waals surface area contributed by atoms with Crippen LogP contribution in [0.2, 0.25) is 0 Å². The highest BCUT2D eigenvalue weighted by atomic mass is 19.1. The summed E-state index contributed by atoms with van der Waals surface area (Å²) in [5, 5.41) is 14.8. The van der Waals surface area contributed by atoms with Crippen LogP contribution in [0.15, 0.2) is 30.3 Å². The Morgan fingerprint density at radius 3 is 2.81 bits per heavy atom. The lowest BCUT2D eigenvalue weighted by Crippen LogP contribution is -2.25. The van der Waals surface area contributed by atoms with Crippen molar-refractivity contribution in [3.05, 3.63) is 36.1 Å². The van der Waals surface area contributed by atoms with Crippen LogP contribution in [0.4, 0.5) is 10.2 Å². The Labute approximate surface area is 123 Å². The van der Waals surface area contributed by atoms with Crippen LogP contribution >= 0.6 is 0 Å². The molecular formula is C16H20FN3O. The van der Waals surface area contributed by atoms with E-state index in [9.17, 15) is 9.50 Å². The van der Waals surface area contributed by atoms with Crippen LogP contribution in [-0.4, -0.2) is 21.0 Å². The van der Waals surface area contributed by atoms with Crippen molar-refractivity contribution in [1.29, 1.82) is 0 Å². The van der Waals surface area contributed by atoms with E-state index >= 15 is 0 Å². The van der Waals surface area contributed by atoms with Crippen LogP contribution in [0.3, 0.4) is 0 Å². The Kier molecular flexibility index (Phi) is 3.92. The highest BCUT2D eigenvalue weighted by Gasteiger charge is 2.25. The molecule has 112 valence electrons. The van der Waals surface area contributed by atoms with Crippen molar-refractivity contribution in [3.63, 3.8) is 0 Å². The molecule has 2 atom stereocenters. The SMILES string of the molecule is Nc1cc(-c2cccc(F)c2)nn1C1CCCCCC1O. The lowest BCUT2D eigenvalue weighted by Gasteiger charge is -2.21. The number of nitrogens with zero attached hydrogens (tertiary/aromatic N) is 2. The molecule has 3 N–H and O–H groups in total. The predicted octanol–water partition coefficient (Wildman–Crippen LogP) is 3.14. The van der Waals surface area contributed by atoms with Gasteiger partial charge in [-0.2, -0.15) is 5.10 Å². The van der Waals surface area contributed by atoms with Gasteiger partial charge in [0.1, 0.15) is 11.6 Å². The number of nitrogens with two attached hydrogens (primary N) is 1. The number of anilines is 1. The summed E-state index contributed by atoms with van der Waals surface area (Å²) in [6, 6.07) is 7.95. The first-order chi connectivity index (χ1) is 10.1. The molecule has 1 aromatic carbocycles. The highest BCUT2D eigenvalue weighted by molar-refractivity contribution is 5.62. The monoisotopic (exact) mass is 289 g/mol. The van der Waals surface area contributed by atoms with Crippen LogP contribution < -0.4 is 5.73 Å². The number of aliphatic hydroxyl groups is 1. The van der Waals surface area contributed by atoms with Crippen molar-refractivity contribution in [1.82, 2.24) is 9.78 Å². The summed E-state index contributed by atoms with van der Waals surface area (Å²) in [5.74, 6) is 0.218. The zero-order valence-electron chi connectivity index (χ0n) is 11.9. The fourth-order valence-corrected chi connectivity index (χ4v) is 3.02. The maximum Gasteiger partial charge on any atom is 0.123 e. The van der Waals surface area contributed by atoms with Gasteiger partial charge in [-0.15, -0.1) is 0 Å². The molecule has 3 rings (SSSR count). The van der Waals surface area contributed by atoms with Crippen LogP contribution in [0.25, 0.3) is 11.3 Å². The van der Waals surface area contributed by atoms with Crippen LogP contribution in [0.1, 0.15) is 38.1 Å². The Balaban J connectivity index is 1.93. The molecule has 1 heterocycles. The van der Waals surface area contributed by atoms with Crippen molar-refractivity contribution in [2.75, 3.05) is 5.73 Å². The molecule has 2 unspecified atom stereocenters. The van der Waals surface area contributed by atoms with Gasteiger partial charge in [0.15, 0.2) is 0 Å². The minimum Gasteiger partial charge on any atom is -0.391 e. The normalized spacial score (nSPS) is 23.0. The number of aliphatic hydroxyl groups excluding tert-OH is 1. The Morgan fingerprint density at radius 2 is 2.00 bits per heavy atom. The molecule has 1 aliphatic rings. The third kappa shape index (κ3) is 2.93. The molecular weight excluding hydrogens is 269 g/mol. The zero-order chi connectivity index (χ0) is 14.8. The maximum absolute atomic E-state index is 13.3. The topological polar surface area (TPSA) is 64.1 Å². The second-order valence-corrected chi connectivity index (χ2v) is 5.68. The smallest absolute Gasteiger partial charge is 0.123 e. The van der Waals surface area contributed by atoms with E-state index in [-0.39, 0.29) is 11.9 Å².